The number of hydrogen-bond acceptors (Lipinski definition) is 5. The number of carbonyl (C=O) groups excluding carboxylic acids is 3. The second kappa shape index (κ2) is 9.09. The monoisotopic (exact) mass is 370 g/mol. The number of amides is 3. The largest absolute Gasteiger partial charge is 0.352 e. The van der Waals surface area contributed by atoms with E-state index in [1.807, 2.05) is 0 Å². The van der Waals surface area contributed by atoms with Crippen LogP contribution in [-0.4, -0.2) is 29.2 Å². The van der Waals surface area contributed by atoms with Crippen molar-refractivity contribution in [3.63, 3.8) is 0 Å². The molecule has 140 valence electrons. The lowest BCUT2D eigenvalue weighted by Gasteiger charge is -2.08. The van der Waals surface area contributed by atoms with Crippen LogP contribution in [0, 0.1) is 10.1 Å². The number of rotatable bonds is 7. The summed E-state index contributed by atoms with van der Waals surface area (Å²) in [6.45, 7) is 1.49. The molecule has 0 aliphatic rings. The molecule has 0 aliphatic carbocycles. The fourth-order valence-corrected chi connectivity index (χ4v) is 2.23. The van der Waals surface area contributed by atoms with Crippen molar-refractivity contribution in [1.29, 1.82) is 0 Å². The molecule has 0 spiro atoms. The number of benzene rings is 2. The molecule has 0 fully saturated rings. The molecule has 3 amide bonds. The zero-order valence-electron chi connectivity index (χ0n) is 14.5. The van der Waals surface area contributed by atoms with Crippen molar-refractivity contribution in [2.75, 3.05) is 17.2 Å². The minimum Gasteiger partial charge on any atom is -0.352 e. The van der Waals surface area contributed by atoms with Gasteiger partial charge in [-0.2, -0.15) is 0 Å². The van der Waals surface area contributed by atoms with Crippen LogP contribution >= 0.6 is 0 Å². The average Bonchev–Trinajstić information content (AvgIpc) is 2.61. The highest BCUT2D eigenvalue weighted by Gasteiger charge is 2.10. The summed E-state index contributed by atoms with van der Waals surface area (Å²) in [5.74, 6) is -0.947. The lowest BCUT2D eigenvalue weighted by Crippen LogP contribution is -2.27. The Bertz CT molecular complexity index is 864. The van der Waals surface area contributed by atoms with Crippen LogP contribution in [0.25, 0.3) is 0 Å². The molecular formula is C18H18N4O5. The van der Waals surface area contributed by atoms with E-state index >= 15 is 0 Å². The summed E-state index contributed by atoms with van der Waals surface area (Å²) < 4.78 is 0. The molecule has 0 atom stereocenters. The van der Waals surface area contributed by atoms with Crippen LogP contribution in [0.2, 0.25) is 0 Å². The number of nitro groups is 1. The van der Waals surface area contributed by atoms with E-state index in [1.54, 1.807) is 24.3 Å². The van der Waals surface area contributed by atoms with Crippen LogP contribution in [0.15, 0.2) is 48.5 Å². The standard InChI is InChI=1S/C18H18N4O5/c1-12(23)20-14-3-2-4-15(11-14)21-17(24)9-10-19-18(25)13-5-7-16(8-6-13)22(26)27/h2-8,11H,9-10H2,1H3,(H,19,25)(H,20,23)(H,21,24). The van der Waals surface area contributed by atoms with Crippen molar-refractivity contribution in [1.82, 2.24) is 5.32 Å². The van der Waals surface area contributed by atoms with Gasteiger partial charge in [-0.3, -0.25) is 24.5 Å². The van der Waals surface area contributed by atoms with E-state index in [2.05, 4.69) is 16.0 Å². The minimum atomic E-state index is -0.549. The lowest BCUT2D eigenvalue weighted by molar-refractivity contribution is -0.384. The number of non-ortho nitro benzene ring substituents is 1. The summed E-state index contributed by atoms with van der Waals surface area (Å²) in [6, 6.07) is 11.9. The Morgan fingerprint density at radius 2 is 1.63 bits per heavy atom. The Hall–Kier alpha value is -3.75. The molecule has 0 aromatic heterocycles. The predicted molar refractivity (Wildman–Crippen MR) is 99.4 cm³/mol. The van der Waals surface area contributed by atoms with Crippen molar-refractivity contribution in [2.45, 2.75) is 13.3 Å². The summed E-state index contributed by atoms with van der Waals surface area (Å²) >= 11 is 0. The van der Waals surface area contributed by atoms with Crippen molar-refractivity contribution >= 4 is 34.8 Å². The zero-order chi connectivity index (χ0) is 19.8. The van der Waals surface area contributed by atoms with E-state index in [-0.39, 0.29) is 36.0 Å². The molecule has 0 saturated carbocycles. The third-order valence-electron chi connectivity index (χ3n) is 3.44. The van der Waals surface area contributed by atoms with Gasteiger partial charge in [-0.15, -0.1) is 0 Å². The fourth-order valence-electron chi connectivity index (χ4n) is 2.23. The third-order valence-corrected chi connectivity index (χ3v) is 3.44. The quantitative estimate of drug-likeness (QED) is 0.508. The van der Waals surface area contributed by atoms with E-state index in [0.717, 1.165) is 0 Å². The molecular weight excluding hydrogens is 352 g/mol. The van der Waals surface area contributed by atoms with Gasteiger partial charge in [0.2, 0.25) is 11.8 Å². The van der Waals surface area contributed by atoms with Gasteiger partial charge < -0.3 is 16.0 Å². The van der Waals surface area contributed by atoms with E-state index < -0.39 is 10.8 Å². The molecule has 0 radical (unpaired) electrons. The highest BCUT2D eigenvalue weighted by Crippen LogP contribution is 2.15. The minimum absolute atomic E-state index is 0.0447. The van der Waals surface area contributed by atoms with Crippen LogP contribution in [0.3, 0.4) is 0 Å². The van der Waals surface area contributed by atoms with E-state index in [0.29, 0.717) is 11.4 Å². The Labute approximate surface area is 154 Å². The van der Waals surface area contributed by atoms with E-state index in [4.69, 9.17) is 0 Å². The Kier molecular flexibility index (Phi) is 6.59. The topological polar surface area (TPSA) is 130 Å². The van der Waals surface area contributed by atoms with Gasteiger partial charge in [0.25, 0.3) is 11.6 Å². The average molecular weight is 370 g/mol. The molecule has 0 heterocycles. The summed E-state index contributed by atoms with van der Waals surface area (Å²) in [4.78, 5) is 45.0. The number of nitro benzene ring substituents is 1. The van der Waals surface area contributed by atoms with E-state index in [1.165, 1.54) is 31.2 Å². The van der Waals surface area contributed by atoms with Gasteiger partial charge in [0.15, 0.2) is 0 Å². The molecule has 9 nitrogen and oxygen atoms in total. The molecule has 9 heteroatoms. The number of anilines is 2. The summed E-state index contributed by atoms with van der Waals surface area (Å²) in [5, 5.41) is 18.5. The smallest absolute Gasteiger partial charge is 0.269 e. The lowest BCUT2D eigenvalue weighted by atomic mass is 10.2. The molecule has 0 saturated heterocycles. The number of nitrogens with zero attached hydrogens (tertiary/aromatic N) is 1. The Morgan fingerprint density at radius 3 is 2.22 bits per heavy atom. The second-order valence-corrected chi connectivity index (χ2v) is 5.62. The SMILES string of the molecule is CC(=O)Nc1cccc(NC(=O)CCNC(=O)c2ccc([N+](=O)[O-])cc2)c1. The van der Waals surface area contributed by atoms with Crippen LogP contribution < -0.4 is 16.0 Å². The Morgan fingerprint density at radius 1 is 1.00 bits per heavy atom. The van der Waals surface area contributed by atoms with E-state index in [9.17, 15) is 24.5 Å². The van der Waals surface area contributed by atoms with Gasteiger partial charge in [0.05, 0.1) is 4.92 Å². The molecule has 3 N–H and O–H groups in total. The zero-order valence-corrected chi connectivity index (χ0v) is 14.5. The molecule has 2 aromatic rings. The first-order valence-corrected chi connectivity index (χ1v) is 8.05. The summed E-state index contributed by atoms with van der Waals surface area (Å²) in [6.07, 6.45) is 0.0447. The molecule has 0 aliphatic heterocycles. The maximum Gasteiger partial charge on any atom is 0.269 e. The highest BCUT2D eigenvalue weighted by atomic mass is 16.6. The highest BCUT2D eigenvalue weighted by molar-refractivity contribution is 5.96. The normalized spacial score (nSPS) is 9.96. The summed E-state index contributed by atoms with van der Waals surface area (Å²) in [7, 11) is 0. The molecule has 27 heavy (non-hydrogen) atoms. The number of hydrogen-bond donors (Lipinski definition) is 3. The van der Waals surface area contributed by atoms with Crippen molar-refractivity contribution in [2.24, 2.45) is 0 Å². The van der Waals surface area contributed by atoms with Crippen molar-refractivity contribution < 1.29 is 19.3 Å². The van der Waals surface area contributed by atoms with Gasteiger partial charge in [-0.05, 0) is 30.3 Å². The fraction of sp³-hybridized carbons (Fsp3) is 0.167. The molecule has 0 unspecified atom stereocenters. The third kappa shape index (κ3) is 6.24. The number of nitrogens with one attached hydrogen (secondary N) is 3. The van der Waals surface area contributed by atoms with Crippen molar-refractivity contribution in [3.8, 4) is 0 Å². The second-order valence-electron chi connectivity index (χ2n) is 5.62. The number of carbonyl (C=O) groups is 3. The van der Waals surface area contributed by atoms with Crippen LogP contribution in [0.4, 0.5) is 17.1 Å². The summed E-state index contributed by atoms with van der Waals surface area (Å²) in [5.41, 5.74) is 1.25. The maximum absolute atomic E-state index is 12.0. The van der Waals surface area contributed by atoms with Gasteiger partial charge in [-0.1, -0.05) is 6.07 Å². The first-order valence-electron chi connectivity index (χ1n) is 8.05. The van der Waals surface area contributed by atoms with Gasteiger partial charge in [-0.25, -0.2) is 0 Å². The Balaban J connectivity index is 1.81. The first-order chi connectivity index (χ1) is 12.8. The van der Waals surface area contributed by atoms with Crippen LogP contribution in [0.5, 0.6) is 0 Å². The molecule has 2 rings (SSSR count). The van der Waals surface area contributed by atoms with Gasteiger partial charge >= 0.3 is 0 Å². The first kappa shape index (κ1) is 19.6. The molecule has 2 aromatic carbocycles. The van der Waals surface area contributed by atoms with Gasteiger partial charge in [0.1, 0.15) is 0 Å². The maximum atomic E-state index is 12.0. The van der Waals surface area contributed by atoms with Crippen molar-refractivity contribution in [3.05, 3.63) is 64.2 Å². The van der Waals surface area contributed by atoms with Crippen LogP contribution in [0.1, 0.15) is 23.7 Å². The van der Waals surface area contributed by atoms with Gasteiger partial charge in [0, 0.05) is 49.0 Å². The molecule has 0 bridgehead atoms. The van der Waals surface area contributed by atoms with Crippen LogP contribution in [-0.2, 0) is 9.59 Å². The predicted octanol–water partition coefficient (Wildman–Crippen LogP) is 2.31.